The van der Waals surface area contributed by atoms with Crippen LogP contribution in [0.1, 0.15) is 0 Å². The fourth-order valence-electron chi connectivity index (χ4n) is 8.13. The zero-order valence-electron chi connectivity index (χ0n) is 29.2. The predicted molar refractivity (Wildman–Crippen MR) is 227 cm³/mol. The van der Waals surface area contributed by atoms with Crippen LogP contribution in [-0.4, -0.2) is 0 Å². The average Bonchev–Trinajstić information content (AvgIpc) is 3.24. The first-order chi connectivity index (χ1) is 26.3. The van der Waals surface area contributed by atoms with Crippen LogP contribution in [0.25, 0.3) is 76.5 Å². The number of rotatable bonds is 6. The lowest BCUT2D eigenvalue weighted by Gasteiger charge is -2.28. The normalized spacial score (nSPS) is 11.4. The van der Waals surface area contributed by atoms with E-state index >= 15 is 0 Å². The number of hydrogen-bond donors (Lipinski definition) is 0. The molecule has 0 N–H and O–H groups in total. The van der Waals surface area contributed by atoms with E-state index in [1.165, 1.54) is 76.5 Å². The number of fused-ring (bicyclic) bond motifs is 5. The maximum absolute atomic E-state index is 2.41. The summed E-state index contributed by atoms with van der Waals surface area (Å²) in [4.78, 5) is 2.41. The van der Waals surface area contributed by atoms with Crippen molar-refractivity contribution in [1.29, 1.82) is 0 Å². The molecule has 0 fully saturated rings. The second-order valence-corrected chi connectivity index (χ2v) is 13.7. The highest BCUT2D eigenvalue weighted by Crippen LogP contribution is 2.44. The molecule has 0 amide bonds. The van der Waals surface area contributed by atoms with Crippen molar-refractivity contribution in [2.45, 2.75) is 0 Å². The quantitative estimate of drug-likeness (QED) is 0.159. The molecule has 53 heavy (non-hydrogen) atoms. The van der Waals surface area contributed by atoms with E-state index in [4.69, 9.17) is 0 Å². The Hall–Kier alpha value is -6.96. The molecule has 10 aromatic carbocycles. The van der Waals surface area contributed by atoms with Gasteiger partial charge in [-0.2, -0.15) is 0 Å². The van der Waals surface area contributed by atoms with Crippen molar-refractivity contribution in [3.05, 3.63) is 212 Å². The molecule has 0 aliphatic carbocycles. The summed E-state index contributed by atoms with van der Waals surface area (Å²) in [5.74, 6) is 0. The fourth-order valence-corrected chi connectivity index (χ4v) is 8.13. The van der Waals surface area contributed by atoms with Gasteiger partial charge in [-0.3, -0.25) is 0 Å². The van der Waals surface area contributed by atoms with Gasteiger partial charge in [-0.05, 0) is 101 Å². The van der Waals surface area contributed by atoms with Crippen LogP contribution in [0.3, 0.4) is 0 Å². The van der Waals surface area contributed by atoms with Crippen LogP contribution < -0.4 is 4.90 Å². The zero-order chi connectivity index (χ0) is 35.1. The number of nitrogens with zero attached hydrogens (tertiary/aromatic N) is 1. The molecule has 0 radical (unpaired) electrons. The molecular formula is C52H35N. The van der Waals surface area contributed by atoms with Crippen molar-refractivity contribution in [3.8, 4) is 33.4 Å². The summed E-state index contributed by atoms with van der Waals surface area (Å²) in [5, 5.41) is 10.1. The third-order valence-electron chi connectivity index (χ3n) is 10.7. The van der Waals surface area contributed by atoms with Gasteiger partial charge in [-0.25, -0.2) is 0 Å². The zero-order valence-corrected chi connectivity index (χ0v) is 29.2. The Morgan fingerprint density at radius 3 is 1.25 bits per heavy atom. The maximum Gasteiger partial charge on any atom is 0.0540 e. The van der Waals surface area contributed by atoms with Gasteiger partial charge in [-0.1, -0.05) is 182 Å². The van der Waals surface area contributed by atoms with Crippen molar-refractivity contribution < 1.29 is 0 Å². The first-order valence-electron chi connectivity index (χ1n) is 18.3. The molecule has 0 unspecified atom stereocenters. The number of anilines is 3. The Kier molecular flexibility index (Phi) is 7.55. The Labute approximate surface area is 309 Å². The largest absolute Gasteiger partial charge is 0.310 e. The Bertz CT molecular complexity index is 2800. The minimum Gasteiger partial charge on any atom is -0.310 e. The predicted octanol–water partition coefficient (Wildman–Crippen LogP) is 14.8. The highest BCUT2D eigenvalue weighted by molar-refractivity contribution is 6.13. The van der Waals surface area contributed by atoms with Gasteiger partial charge in [-0.15, -0.1) is 0 Å². The molecule has 0 saturated heterocycles. The lowest BCUT2D eigenvalue weighted by Crippen LogP contribution is -2.11. The van der Waals surface area contributed by atoms with E-state index in [2.05, 4.69) is 217 Å². The molecule has 0 saturated carbocycles. The number of hydrogen-bond acceptors (Lipinski definition) is 1. The molecule has 10 aromatic rings. The van der Waals surface area contributed by atoms with Crippen molar-refractivity contribution in [1.82, 2.24) is 0 Å². The van der Waals surface area contributed by atoms with Crippen molar-refractivity contribution >= 4 is 60.2 Å². The van der Waals surface area contributed by atoms with Crippen molar-refractivity contribution in [2.75, 3.05) is 4.90 Å². The smallest absolute Gasteiger partial charge is 0.0540 e. The second kappa shape index (κ2) is 13.0. The number of para-hydroxylation sites is 1. The maximum atomic E-state index is 2.41. The van der Waals surface area contributed by atoms with E-state index in [1.807, 2.05) is 0 Å². The molecule has 0 atom stereocenters. The lowest BCUT2D eigenvalue weighted by molar-refractivity contribution is 1.28. The molecular weight excluding hydrogens is 639 g/mol. The third-order valence-corrected chi connectivity index (χ3v) is 10.7. The SMILES string of the molecule is c1ccc(N(c2ccc(-c3cccc4ccccc34)cc2)c2ccc(-c3cccc4ccccc34)cc2)c(-c2cccc3c2ccc2ccccc23)c1. The van der Waals surface area contributed by atoms with Crippen molar-refractivity contribution in [2.24, 2.45) is 0 Å². The van der Waals surface area contributed by atoms with Gasteiger partial charge in [0.15, 0.2) is 0 Å². The summed E-state index contributed by atoms with van der Waals surface area (Å²) < 4.78 is 0. The van der Waals surface area contributed by atoms with Gasteiger partial charge in [0.05, 0.1) is 5.69 Å². The van der Waals surface area contributed by atoms with Crippen LogP contribution in [0.2, 0.25) is 0 Å². The highest BCUT2D eigenvalue weighted by atomic mass is 15.1. The minimum atomic E-state index is 1.10. The van der Waals surface area contributed by atoms with E-state index in [-0.39, 0.29) is 0 Å². The van der Waals surface area contributed by atoms with E-state index in [0.717, 1.165) is 17.1 Å². The van der Waals surface area contributed by atoms with Crippen LogP contribution in [-0.2, 0) is 0 Å². The van der Waals surface area contributed by atoms with E-state index in [9.17, 15) is 0 Å². The molecule has 0 aliphatic heterocycles. The summed E-state index contributed by atoms with van der Waals surface area (Å²) in [7, 11) is 0. The van der Waals surface area contributed by atoms with Crippen molar-refractivity contribution in [3.63, 3.8) is 0 Å². The van der Waals surface area contributed by atoms with Gasteiger partial charge in [0.2, 0.25) is 0 Å². The van der Waals surface area contributed by atoms with Gasteiger partial charge in [0, 0.05) is 16.9 Å². The Morgan fingerprint density at radius 2 is 0.642 bits per heavy atom. The molecule has 10 rings (SSSR count). The summed E-state index contributed by atoms with van der Waals surface area (Å²) in [6, 6.07) is 77.2. The van der Waals surface area contributed by atoms with Crippen LogP contribution in [0.4, 0.5) is 17.1 Å². The second-order valence-electron chi connectivity index (χ2n) is 13.7. The topological polar surface area (TPSA) is 3.24 Å². The van der Waals surface area contributed by atoms with Crippen LogP contribution in [0.5, 0.6) is 0 Å². The monoisotopic (exact) mass is 673 g/mol. The van der Waals surface area contributed by atoms with E-state index < -0.39 is 0 Å². The number of benzene rings is 10. The molecule has 0 spiro atoms. The summed E-state index contributed by atoms with van der Waals surface area (Å²) in [5.41, 5.74) is 10.6. The third kappa shape index (κ3) is 5.42. The molecule has 1 heteroatoms. The molecule has 0 bridgehead atoms. The average molecular weight is 674 g/mol. The molecule has 0 heterocycles. The molecule has 248 valence electrons. The first-order valence-corrected chi connectivity index (χ1v) is 18.3. The van der Waals surface area contributed by atoms with E-state index in [1.54, 1.807) is 0 Å². The van der Waals surface area contributed by atoms with Gasteiger partial charge in [0.1, 0.15) is 0 Å². The van der Waals surface area contributed by atoms with Gasteiger partial charge in [0.25, 0.3) is 0 Å². The Balaban J connectivity index is 1.14. The van der Waals surface area contributed by atoms with Crippen LogP contribution in [0.15, 0.2) is 212 Å². The van der Waals surface area contributed by atoms with Crippen LogP contribution in [0, 0.1) is 0 Å². The molecule has 1 nitrogen and oxygen atoms in total. The highest BCUT2D eigenvalue weighted by Gasteiger charge is 2.19. The summed E-state index contributed by atoms with van der Waals surface area (Å²) in [6.07, 6.45) is 0. The summed E-state index contributed by atoms with van der Waals surface area (Å²) in [6.45, 7) is 0. The Morgan fingerprint density at radius 1 is 0.226 bits per heavy atom. The van der Waals surface area contributed by atoms with E-state index in [0.29, 0.717) is 0 Å². The van der Waals surface area contributed by atoms with Gasteiger partial charge >= 0.3 is 0 Å². The standard InChI is InChI=1S/C52H35N/c1-4-17-43-36(12-1)15-9-21-45(43)39-26-31-41(32-27-39)53(42-33-28-40(29-34-42)46-22-10-16-37-13-2-5-18-44(37)46)52-25-8-7-20-51(52)49-24-11-23-48-47-19-6-3-14-38(47)30-35-50(48)49/h1-35H. The molecule has 0 aliphatic rings. The summed E-state index contributed by atoms with van der Waals surface area (Å²) >= 11 is 0. The van der Waals surface area contributed by atoms with Gasteiger partial charge < -0.3 is 4.90 Å². The minimum absolute atomic E-state index is 1.10. The lowest BCUT2D eigenvalue weighted by atomic mass is 9.93. The fraction of sp³-hybridized carbons (Fsp3) is 0. The molecule has 0 aromatic heterocycles. The van der Waals surface area contributed by atoms with Crippen LogP contribution >= 0.6 is 0 Å². The first kappa shape index (κ1) is 30.8.